The highest BCUT2D eigenvalue weighted by Gasteiger charge is 2.28. The van der Waals surface area contributed by atoms with Gasteiger partial charge in [-0.15, -0.1) is 0 Å². The fourth-order valence-corrected chi connectivity index (χ4v) is 3.77. The Morgan fingerprint density at radius 2 is 2.04 bits per heavy atom. The molecule has 1 atom stereocenters. The molecule has 148 valence electrons. The van der Waals surface area contributed by atoms with Gasteiger partial charge in [-0.05, 0) is 42.3 Å². The van der Waals surface area contributed by atoms with Crippen LogP contribution >= 0.6 is 0 Å². The fraction of sp³-hybridized carbons (Fsp3) is 0.263. The van der Waals surface area contributed by atoms with Gasteiger partial charge < -0.3 is 14.8 Å². The minimum Gasteiger partial charge on any atom is -0.478 e. The van der Waals surface area contributed by atoms with Gasteiger partial charge in [-0.1, -0.05) is 19.1 Å². The SMILES string of the molecule is CC[C@@H]1Oc2ccc(S(=O)(=O)NC(=O)c3cccc(COC)c3)cc2NC1=O. The molecule has 1 aliphatic heterocycles. The molecule has 0 spiro atoms. The van der Waals surface area contributed by atoms with Gasteiger partial charge in [0.25, 0.3) is 21.8 Å². The number of ether oxygens (including phenoxy) is 2. The van der Waals surface area contributed by atoms with Crippen molar-refractivity contribution in [2.45, 2.75) is 31.0 Å². The molecule has 2 amide bonds. The second kappa shape index (κ2) is 7.99. The van der Waals surface area contributed by atoms with E-state index in [0.717, 1.165) is 5.56 Å². The van der Waals surface area contributed by atoms with E-state index in [4.69, 9.17) is 9.47 Å². The van der Waals surface area contributed by atoms with Crippen LogP contribution in [0.15, 0.2) is 47.4 Å². The van der Waals surface area contributed by atoms with Crippen LogP contribution in [0.3, 0.4) is 0 Å². The second-order valence-corrected chi connectivity index (χ2v) is 7.91. The average Bonchev–Trinajstić information content (AvgIpc) is 2.67. The number of sulfonamides is 1. The first-order valence-electron chi connectivity index (χ1n) is 8.60. The third-order valence-electron chi connectivity index (χ3n) is 4.18. The van der Waals surface area contributed by atoms with Gasteiger partial charge in [0.1, 0.15) is 5.75 Å². The Labute approximate surface area is 162 Å². The molecule has 0 aromatic heterocycles. The summed E-state index contributed by atoms with van der Waals surface area (Å²) in [5.74, 6) is -0.727. The van der Waals surface area contributed by atoms with Crippen LogP contribution in [0.25, 0.3) is 0 Å². The van der Waals surface area contributed by atoms with Crippen LogP contribution in [0.5, 0.6) is 5.75 Å². The molecule has 28 heavy (non-hydrogen) atoms. The standard InChI is InChI=1S/C19H20N2O6S/c1-3-16-19(23)20-15-10-14(7-8-17(15)27-16)28(24,25)21-18(22)13-6-4-5-12(9-13)11-26-2/h4-10,16H,3,11H2,1-2H3,(H,20,23)(H,21,22)/t16-/m0/s1. The summed E-state index contributed by atoms with van der Waals surface area (Å²) in [6.07, 6.45) is -0.127. The van der Waals surface area contributed by atoms with Crippen molar-refractivity contribution in [3.8, 4) is 5.75 Å². The Morgan fingerprint density at radius 1 is 1.25 bits per heavy atom. The lowest BCUT2D eigenvalue weighted by Gasteiger charge is -2.25. The molecule has 0 saturated carbocycles. The highest BCUT2D eigenvalue weighted by Crippen LogP contribution is 2.32. The van der Waals surface area contributed by atoms with E-state index >= 15 is 0 Å². The van der Waals surface area contributed by atoms with Crippen LogP contribution in [0, 0.1) is 0 Å². The number of hydrogen-bond donors (Lipinski definition) is 2. The molecule has 8 nitrogen and oxygen atoms in total. The van der Waals surface area contributed by atoms with Crippen molar-refractivity contribution in [3.63, 3.8) is 0 Å². The molecule has 3 rings (SSSR count). The first kappa shape index (κ1) is 19.8. The molecular formula is C19H20N2O6S. The summed E-state index contributed by atoms with van der Waals surface area (Å²) >= 11 is 0. The average molecular weight is 404 g/mol. The summed E-state index contributed by atoms with van der Waals surface area (Å²) in [5.41, 5.74) is 1.18. The number of carbonyl (C=O) groups is 2. The number of anilines is 1. The van der Waals surface area contributed by atoms with Crippen molar-refractivity contribution < 1.29 is 27.5 Å². The number of hydrogen-bond acceptors (Lipinski definition) is 6. The summed E-state index contributed by atoms with van der Waals surface area (Å²) in [4.78, 5) is 24.2. The van der Waals surface area contributed by atoms with Crippen LogP contribution in [0.2, 0.25) is 0 Å². The number of benzene rings is 2. The third kappa shape index (κ3) is 4.15. The predicted molar refractivity (Wildman–Crippen MR) is 102 cm³/mol. The molecule has 0 bridgehead atoms. The summed E-state index contributed by atoms with van der Waals surface area (Å²) < 4.78 is 37.8. The first-order chi connectivity index (χ1) is 13.3. The van der Waals surface area contributed by atoms with Crippen molar-refractivity contribution in [3.05, 3.63) is 53.6 Å². The summed E-state index contributed by atoms with van der Waals surface area (Å²) in [5, 5.41) is 2.62. The Kier molecular flexibility index (Phi) is 5.66. The summed E-state index contributed by atoms with van der Waals surface area (Å²) in [6.45, 7) is 2.11. The lowest BCUT2D eigenvalue weighted by Crippen LogP contribution is -2.36. The van der Waals surface area contributed by atoms with Gasteiger partial charge in [-0.3, -0.25) is 9.59 Å². The van der Waals surface area contributed by atoms with E-state index in [-0.39, 0.29) is 22.1 Å². The van der Waals surface area contributed by atoms with E-state index in [2.05, 4.69) is 5.32 Å². The lowest BCUT2D eigenvalue weighted by molar-refractivity contribution is -0.123. The highest BCUT2D eigenvalue weighted by atomic mass is 32.2. The lowest BCUT2D eigenvalue weighted by atomic mass is 10.1. The molecular weight excluding hydrogens is 384 g/mol. The van der Waals surface area contributed by atoms with E-state index in [1.54, 1.807) is 18.2 Å². The maximum absolute atomic E-state index is 12.6. The van der Waals surface area contributed by atoms with Crippen molar-refractivity contribution in [2.75, 3.05) is 12.4 Å². The number of methoxy groups -OCH3 is 1. The van der Waals surface area contributed by atoms with Crippen molar-refractivity contribution in [2.24, 2.45) is 0 Å². The van der Waals surface area contributed by atoms with Gasteiger partial charge in [0.2, 0.25) is 0 Å². The van der Waals surface area contributed by atoms with E-state index in [9.17, 15) is 18.0 Å². The molecule has 1 aliphatic rings. The van der Waals surface area contributed by atoms with Crippen molar-refractivity contribution >= 4 is 27.5 Å². The van der Waals surface area contributed by atoms with E-state index in [0.29, 0.717) is 18.8 Å². The molecule has 2 N–H and O–H groups in total. The van der Waals surface area contributed by atoms with Gasteiger partial charge in [0.15, 0.2) is 6.10 Å². The Hall–Kier alpha value is -2.91. The third-order valence-corrected chi connectivity index (χ3v) is 5.51. The number of amides is 2. The number of carbonyl (C=O) groups excluding carboxylic acids is 2. The molecule has 1 heterocycles. The number of fused-ring (bicyclic) bond motifs is 1. The minimum atomic E-state index is -4.14. The maximum atomic E-state index is 12.6. The van der Waals surface area contributed by atoms with Crippen molar-refractivity contribution in [1.82, 2.24) is 4.72 Å². The monoisotopic (exact) mass is 404 g/mol. The van der Waals surface area contributed by atoms with Crippen LogP contribution in [0.1, 0.15) is 29.3 Å². The molecule has 2 aromatic rings. The normalized spacial score (nSPS) is 15.9. The number of nitrogens with one attached hydrogen (secondary N) is 2. The zero-order valence-corrected chi connectivity index (χ0v) is 16.2. The van der Waals surface area contributed by atoms with Gasteiger partial charge in [0, 0.05) is 12.7 Å². The zero-order valence-electron chi connectivity index (χ0n) is 15.4. The Morgan fingerprint density at radius 3 is 2.75 bits per heavy atom. The Balaban J connectivity index is 1.82. The molecule has 0 fully saturated rings. The Bertz CT molecular complexity index is 1020. The molecule has 0 radical (unpaired) electrons. The van der Waals surface area contributed by atoms with E-state index in [1.807, 2.05) is 11.6 Å². The number of rotatable bonds is 6. The highest BCUT2D eigenvalue weighted by molar-refractivity contribution is 7.90. The topological polar surface area (TPSA) is 111 Å². The molecule has 0 aliphatic carbocycles. The van der Waals surface area contributed by atoms with Crippen LogP contribution < -0.4 is 14.8 Å². The summed E-state index contributed by atoms with van der Waals surface area (Å²) in [6, 6.07) is 10.5. The van der Waals surface area contributed by atoms with E-state index in [1.165, 1.54) is 31.4 Å². The minimum absolute atomic E-state index is 0.161. The van der Waals surface area contributed by atoms with Gasteiger partial charge in [-0.2, -0.15) is 0 Å². The van der Waals surface area contributed by atoms with Crippen molar-refractivity contribution in [1.29, 1.82) is 0 Å². The predicted octanol–water partition coefficient (Wildman–Crippen LogP) is 2.06. The van der Waals surface area contributed by atoms with Gasteiger partial charge in [-0.25, -0.2) is 13.1 Å². The smallest absolute Gasteiger partial charge is 0.265 e. The zero-order chi connectivity index (χ0) is 20.3. The largest absolute Gasteiger partial charge is 0.478 e. The van der Waals surface area contributed by atoms with Gasteiger partial charge >= 0.3 is 0 Å². The molecule has 0 saturated heterocycles. The molecule has 9 heteroatoms. The first-order valence-corrected chi connectivity index (χ1v) is 10.1. The quantitative estimate of drug-likeness (QED) is 0.762. The van der Waals surface area contributed by atoms with Crippen LogP contribution in [-0.4, -0.2) is 33.4 Å². The van der Waals surface area contributed by atoms with Gasteiger partial charge in [0.05, 0.1) is 17.2 Å². The van der Waals surface area contributed by atoms with Crippen LogP contribution in [0.4, 0.5) is 5.69 Å². The second-order valence-electron chi connectivity index (χ2n) is 6.23. The fourth-order valence-electron chi connectivity index (χ4n) is 2.77. The van der Waals surface area contributed by atoms with E-state index < -0.39 is 22.0 Å². The molecule has 0 unspecified atom stereocenters. The van der Waals surface area contributed by atoms with Crippen LogP contribution in [-0.2, 0) is 26.2 Å². The summed E-state index contributed by atoms with van der Waals surface area (Å²) in [7, 11) is -2.61. The maximum Gasteiger partial charge on any atom is 0.265 e. The molecule has 2 aromatic carbocycles.